The van der Waals surface area contributed by atoms with Crippen molar-refractivity contribution in [2.24, 2.45) is 13.0 Å². The highest BCUT2D eigenvalue weighted by Gasteiger charge is 2.26. The molecule has 4 rings (SSSR count). The molecule has 0 saturated carbocycles. The molecule has 1 aliphatic heterocycles. The maximum atomic E-state index is 12.9. The normalized spacial score (nSPS) is 15.1. The number of hydrogen-bond acceptors (Lipinski definition) is 4. The monoisotopic (exact) mass is 413 g/mol. The van der Waals surface area contributed by atoms with Crippen LogP contribution in [-0.4, -0.2) is 35.1 Å². The van der Waals surface area contributed by atoms with E-state index in [2.05, 4.69) is 4.90 Å². The van der Waals surface area contributed by atoms with Crippen LogP contribution in [0.5, 0.6) is 5.75 Å². The van der Waals surface area contributed by atoms with E-state index in [0.717, 1.165) is 42.7 Å². The van der Waals surface area contributed by atoms with E-state index in [-0.39, 0.29) is 23.9 Å². The predicted octanol–water partition coefficient (Wildman–Crippen LogP) is 3.49. The fraction of sp³-hybridized carbons (Fsp3) is 0.364. The van der Waals surface area contributed by atoms with Gasteiger partial charge >= 0.3 is 5.69 Å². The molecule has 1 fully saturated rings. The number of anilines is 1. The van der Waals surface area contributed by atoms with E-state index >= 15 is 0 Å². The first-order valence-corrected chi connectivity index (χ1v) is 10.1. The summed E-state index contributed by atoms with van der Waals surface area (Å²) in [5.74, 6) is 0.737. The van der Waals surface area contributed by atoms with Gasteiger partial charge in [0.25, 0.3) is 0 Å². The number of aromatic nitrogens is 2. The zero-order chi connectivity index (χ0) is 20.5. The number of aryl methyl sites for hydroxylation is 1. The molecule has 0 radical (unpaired) electrons. The van der Waals surface area contributed by atoms with Crippen LogP contribution >= 0.6 is 11.6 Å². The molecule has 6 nitrogen and oxygen atoms in total. The number of carbonyl (C=O) groups excluding carboxylic acids is 1. The topological polar surface area (TPSA) is 56.5 Å². The summed E-state index contributed by atoms with van der Waals surface area (Å²) in [6.07, 6.45) is 1.53. The molecule has 0 N–H and O–H groups in total. The summed E-state index contributed by atoms with van der Waals surface area (Å²) in [5.41, 5.74) is 2.54. The predicted molar refractivity (Wildman–Crippen MR) is 115 cm³/mol. The van der Waals surface area contributed by atoms with Crippen LogP contribution in [0.3, 0.4) is 0 Å². The number of piperidine rings is 1. The second kappa shape index (κ2) is 7.95. The van der Waals surface area contributed by atoms with Crippen LogP contribution in [0.1, 0.15) is 12.8 Å². The number of hydrogen-bond donors (Lipinski definition) is 0. The third-order valence-electron chi connectivity index (χ3n) is 5.82. The number of carbonyl (C=O) groups is 1. The Balaban J connectivity index is 1.45. The Morgan fingerprint density at radius 3 is 2.52 bits per heavy atom. The van der Waals surface area contributed by atoms with Crippen molar-refractivity contribution in [2.45, 2.75) is 19.4 Å². The van der Waals surface area contributed by atoms with E-state index in [1.165, 1.54) is 0 Å². The Labute approximate surface area is 174 Å². The van der Waals surface area contributed by atoms with Gasteiger partial charge in [-0.3, -0.25) is 13.9 Å². The van der Waals surface area contributed by atoms with Crippen molar-refractivity contribution >= 4 is 34.1 Å². The molecule has 3 aromatic rings. The number of halogens is 1. The summed E-state index contributed by atoms with van der Waals surface area (Å²) in [5, 5.41) is 0.585. The molecular formula is C22H24ClN3O3. The highest BCUT2D eigenvalue weighted by Crippen LogP contribution is 2.31. The van der Waals surface area contributed by atoms with E-state index in [0.29, 0.717) is 10.8 Å². The number of rotatable bonds is 5. The molecule has 152 valence electrons. The van der Waals surface area contributed by atoms with Gasteiger partial charge in [-0.15, -0.1) is 0 Å². The van der Waals surface area contributed by atoms with E-state index in [1.807, 2.05) is 42.5 Å². The van der Waals surface area contributed by atoms with E-state index < -0.39 is 0 Å². The van der Waals surface area contributed by atoms with Crippen molar-refractivity contribution in [3.8, 4) is 5.75 Å². The van der Waals surface area contributed by atoms with Gasteiger partial charge in [0.15, 0.2) is 5.78 Å². The fourth-order valence-electron chi connectivity index (χ4n) is 4.11. The number of imidazole rings is 1. The van der Waals surface area contributed by atoms with Gasteiger partial charge in [-0.2, -0.15) is 0 Å². The molecule has 0 spiro atoms. The standard InChI is InChI=1S/C22H24ClN3O3/c1-24-18-5-3-4-6-19(18)26(22(24)28)14-20(27)15-9-11-25(12-10-15)16-7-8-17(23)21(13-16)29-2/h3-8,13,15H,9-12,14H2,1-2H3. The molecule has 2 aromatic carbocycles. The number of methoxy groups -OCH3 is 1. The van der Waals surface area contributed by atoms with Gasteiger partial charge in [-0.25, -0.2) is 4.79 Å². The number of ketones is 1. The summed E-state index contributed by atoms with van der Waals surface area (Å²) >= 11 is 6.12. The van der Waals surface area contributed by atoms with Crippen molar-refractivity contribution < 1.29 is 9.53 Å². The highest BCUT2D eigenvalue weighted by atomic mass is 35.5. The molecule has 29 heavy (non-hydrogen) atoms. The number of fused-ring (bicyclic) bond motifs is 1. The van der Waals surface area contributed by atoms with Crippen LogP contribution in [0.4, 0.5) is 5.69 Å². The van der Waals surface area contributed by atoms with Crippen LogP contribution in [0.25, 0.3) is 11.0 Å². The molecule has 1 aliphatic rings. The Morgan fingerprint density at radius 2 is 1.83 bits per heavy atom. The van der Waals surface area contributed by atoms with Crippen LogP contribution < -0.4 is 15.3 Å². The van der Waals surface area contributed by atoms with Gasteiger partial charge in [0.2, 0.25) is 0 Å². The first-order chi connectivity index (χ1) is 14.0. The van der Waals surface area contributed by atoms with Crippen molar-refractivity contribution in [1.29, 1.82) is 0 Å². The van der Waals surface area contributed by atoms with Crippen molar-refractivity contribution in [3.05, 3.63) is 58.0 Å². The number of Topliss-reactive ketones (excluding diaryl/α,β-unsaturated/α-hetero) is 1. The van der Waals surface area contributed by atoms with Crippen LogP contribution in [0.15, 0.2) is 47.3 Å². The minimum atomic E-state index is -0.148. The second-order valence-corrected chi connectivity index (χ2v) is 7.87. The molecule has 0 aliphatic carbocycles. The van der Waals surface area contributed by atoms with E-state index in [9.17, 15) is 9.59 Å². The van der Waals surface area contributed by atoms with Crippen LogP contribution in [0, 0.1) is 5.92 Å². The molecule has 0 amide bonds. The van der Waals surface area contributed by atoms with E-state index in [4.69, 9.17) is 16.3 Å². The molecule has 0 bridgehead atoms. The van der Waals surface area contributed by atoms with Crippen molar-refractivity contribution in [2.75, 3.05) is 25.1 Å². The summed E-state index contributed by atoms with van der Waals surface area (Å²) in [4.78, 5) is 27.8. The van der Waals surface area contributed by atoms with Crippen molar-refractivity contribution in [1.82, 2.24) is 9.13 Å². The van der Waals surface area contributed by atoms with Crippen LogP contribution in [-0.2, 0) is 18.4 Å². The molecule has 1 saturated heterocycles. The Morgan fingerprint density at radius 1 is 1.14 bits per heavy atom. The van der Waals surface area contributed by atoms with E-state index in [1.54, 1.807) is 23.3 Å². The summed E-state index contributed by atoms with van der Waals surface area (Å²) in [7, 11) is 3.34. The lowest BCUT2D eigenvalue weighted by molar-refractivity contribution is -0.124. The number of para-hydroxylation sites is 2. The molecule has 1 aromatic heterocycles. The smallest absolute Gasteiger partial charge is 0.329 e. The average molecular weight is 414 g/mol. The number of nitrogens with zero attached hydrogens (tertiary/aromatic N) is 3. The van der Waals surface area contributed by atoms with Crippen LogP contribution in [0.2, 0.25) is 5.02 Å². The molecule has 2 heterocycles. The third kappa shape index (κ3) is 3.65. The SMILES string of the molecule is COc1cc(N2CCC(C(=O)Cn3c(=O)n(C)c4ccccc43)CC2)ccc1Cl. The molecule has 7 heteroatoms. The summed E-state index contributed by atoms with van der Waals surface area (Å²) < 4.78 is 8.49. The second-order valence-electron chi connectivity index (χ2n) is 7.46. The largest absolute Gasteiger partial charge is 0.495 e. The highest BCUT2D eigenvalue weighted by molar-refractivity contribution is 6.32. The van der Waals surface area contributed by atoms with Gasteiger partial charge < -0.3 is 9.64 Å². The molecule has 0 unspecified atom stereocenters. The summed E-state index contributed by atoms with van der Waals surface area (Å²) in [6, 6.07) is 13.3. The van der Waals surface area contributed by atoms with Gasteiger partial charge in [0.1, 0.15) is 5.75 Å². The number of benzene rings is 2. The van der Waals surface area contributed by atoms with Gasteiger partial charge in [-0.1, -0.05) is 23.7 Å². The molecular weight excluding hydrogens is 390 g/mol. The van der Waals surface area contributed by atoms with Gasteiger partial charge in [0.05, 0.1) is 29.7 Å². The lowest BCUT2D eigenvalue weighted by Gasteiger charge is -2.33. The Bertz CT molecular complexity index is 1110. The van der Waals surface area contributed by atoms with Crippen molar-refractivity contribution in [3.63, 3.8) is 0 Å². The third-order valence-corrected chi connectivity index (χ3v) is 6.13. The van der Waals surface area contributed by atoms with Gasteiger partial charge in [-0.05, 0) is 37.1 Å². The zero-order valence-electron chi connectivity index (χ0n) is 16.6. The maximum absolute atomic E-state index is 12.9. The first kappa shape index (κ1) is 19.6. The Hall–Kier alpha value is -2.73. The molecule has 0 atom stereocenters. The summed E-state index contributed by atoms with van der Waals surface area (Å²) in [6.45, 7) is 1.69. The van der Waals surface area contributed by atoms with Gasteiger partial charge in [0, 0.05) is 37.8 Å². The Kier molecular flexibility index (Phi) is 5.37. The fourth-order valence-corrected chi connectivity index (χ4v) is 4.30. The lowest BCUT2D eigenvalue weighted by Crippen LogP contribution is -2.38. The average Bonchev–Trinajstić information content (AvgIpc) is 2.99. The minimum absolute atomic E-state index is 0.0358. The number of ether oxygens (including phenoxy) is 1. The minimum Gasteiger partial charge on any atom is -0.495 e. The first-order valence-electron chi connectivity index (χ1n) is 9.75. The quantitative estimate of drug-likeness (QED) is 0.642. The zero-order valence-corrected chi connectivity index (χ0v) is 17.4. The maximum Gasteiger partial charge on any atom is 0.329 e. The lowest BCUT2D eigenvalue weighted by atomic mass is 9.92.